The van der Waals surface area contributed by atoms with Crippen molar-refractivity contribution in [3.05, 3.63) is 0 Å². The number of hydrogen-bond acceptors (Lipinski definition) is 1. The maximum atomic E-state index is 11.1. The van der Waals surface area contributed by atoms with Gasteiger partial charge in [0, 0.05) is 13.0 Å². The van der Waals surface area contributed by atoms with Crippen LogP contribution >= 0.6 is 0 Å². The number of hydrogen-bond donors (Lipinski definition) is 1. The van der Waals surface area contributed by atoms with E-state index < -0.39 is 0 Å². The van der Waals surface area contributed by atoms with Crippen LogP contribution in [0.2, 0.25) is 0 Å². The summed E-state index contributed by atoms with van der Waals surface area (Å²) in [5, 5.41) is 2.82. The van der Waals surface area contributed by atoms with Gasteiger partial charge in [-0.05, 0) is 13.3 Å². The molecule has 0 bridgehead atoms. The molecule has 0 aromatic rings. The predicted octanol–water partition coefficient (Wildman–Crippen LogP) is 3.26. The van der Waals surface area contributed by atoms with Crippen molar-refractivity contribution < 1.29 is 4.79 Å². The fraction of sp³-hybridized carbons (Fsp3) is 0.917. The van der Waals surface area contributed by atoms with Crippen molar-refractivity contribution in [2.45, 2.75) is 65.2 Å². The Bertz CT molecular complexity index is 134. The molecule has 0 rings (SSSR count). The molecule has 0 unspecified atom stereocenters. The van der Waals surface area contributed by atoms with Crippen LogP contribution in [0.25, 0.3) is 0 Å². The average Bonchev–Trinajstić information content (AvgIpc) is 2.17. The minimum absolute atomic E-state index is 0.209. The molecule has 1 N–H and O–H groups in total. The summed E-state index contributed by atoms with van der Waals surface area (Å²) in [7, 11) is 0. The molecular formula is C12H25NO. The molecule has 0 spiro atoms. The fourth-order valence-corrected chi connectivity index (χ4v) is 1.53. The average molecular weight is 199 g/mol. The summed E-state index contributed by atoms with van der Waals surface area (Å²) < 4.78 is 0. The summed E-state index contributed by atoms with van der Waals surface area (Å²) >= 11 is 0. The number of carbonyl (C=O) groups is 1. The van der Waals surface area contributed by atoms with Gasteiger partial charge in [0.05, 0.1) is 0 Å². The maximum Gasteiger partial charge on any atom is 0.219 e. The van der Waals surface area contributed by atoms with Gasteiger partial charge in [0.25, 0.3) is 0 Å². The number of nitrogens with one attached hydrogen (secondary N) is 1. The van der Waals surface area contributed by atoms with Gasteiger partial charge < -0.3 is 5.32 Å². The molecule has 2 heteroatoms. The van der Waals surface area contributed by atoms with Gasteiger partial charge in [-0.15, -0.1) is 0 Å². The van der Waals surface area contributed by atoms with Crippen LogP contribution in [0, 0.1) is 0 Å². The monoisotopic (exact) mass is 199 g/mol. The van der Waals surface area contributed by atoms with Gasteiger partial charge in [0.15, 0.2) is 0 Å². The van der Waals surface area contributed by atoms with Gasteiger partial charge in [-0.2, -0.15) is 0 Å². The van der Waals surface area contributed by atoms with Gasteiger partial charge >= 0.3 is 0 Å². The fourth-order valence-electron chi connectivity index (χ4n) is 1.53. The zero-order valence-corrected chi connectivity index (χ0v) is 9.77. The Morgan fingerprint density at radius 3 is 2.07 bits per heavy atom. The third kappa shape index (κ3) is 9.56. The highest BCUT2D eigenvalue weighted by Gasteiger charge is 1.98. The summed E-state index contributed by atoms with van der Waals surface area (Å²) in [4.78, 5) is 11.1. The summed E-state index contributed by atoms with van der Waals surface area (Å²) in [5.74, 6) is 0.209. The third-order valence-corrected chi connectivity index (χ3v) is 2.38. The molecule has 0 atom stereocenters. The van der Waals surface area contributed by atoms with E-state index in [4.69, 9.17) is 0 Å². The van der Waals surface area contributed by atoms with Crippen LogP contribution in [-0.2, 0) is 4.79 Å². The third-order valence-electron chi connectivity index (χ3n) is 2.38. The summed E-state index contributed by atoms with van der Waals surface area (Å²) in [5.41, 5.74) is 0. The van der Waals surface area contributed by atoms with Gasteiger partial charge in [-0.1, -0.05) is 45.4 Å². The highest BCUT2D eigenvalue weighted by molar-refractivity contribution is 5.75. The first-order valence-corrected chi connectivity index (χ1v) is 6.08. The van der Waals surface area contributed by atoms with Crippen LogP contribution < -0.4 is 5.32 Å². The second-order valence-corrected chi connectivity index (χ2v) is 3.82. The zero-order chi connectivity index (χ0) is 10.6. The van der Waals surface area contributed by atoms with Crippen LogP contribution in [0.5, 0.6) is 0 Å². The Kier molecular flexibility index (Phi) is 10.2. The van der Waals surface area contributed by atoms with E-state index in [9.17, 15) is 4.79 Å². The Hall–Kier alpha value is -0.530. The van der Waals surface area contributed by atoms with E-state index in [1.807, 2.05) is 6.92 Å². The molecule has 0 saturated carbocycles. The largest absolute Gasteiger partial charge is 0.356 e. The normalized spacial score (nSPS) is 10.1. The molecule has 84 valence electrons. The first-order chi connectivity index (χ1) is 6.81. The zero-order valence-electron chi connectivity index (χ0n) is 9.77. The Labute approximate surface area is 88.5 Å². The maximum absolute atomic E-state index is 11.1. The van der Waals surface area contributed by atoms with Crippen molar-refractivity contribution in [2.24, 2.45) is 0 Å². The molecule has 1 amide bonds. The Balaban J connectivity index is 3.01. The lowest BCUT2D eigenvalue weighted by Crippen LogP contribution is -2.21. The molecule has 2 nitrogen and oxygen atoms in total. The summed E-state index contributed by atoms with van der Waals surface area (Å²) in [6.07, 6.45) is 9.62. The molecule has 0 aliphatic carbocycles. The summed E-state index contributed by atoms with van der Waals surface area (Å²) in [6, 6.07) is 0. The van der Waals surface area contributed by atoms with Crippen LogP contribution in [-0.4, -0.2) is 12.5 Å². The van der Waals surface area contributed by atoms with Crippen molar-refractivity contribution in [1.82, 2.24) is 5.32 Å². The van der Waals surface area contributed by atoms with E-state index in [-0.39, 0.29) is 5.91 Å². The lowest BCUT2D eigenvalue weighted by atomic mass is 10.1. The van der Waals surface area contributed by atoms with Crippen molar-refractivity contribution in [2.75, 3.05) is 6.54 Å². The second kappa shape index (κ2) is 10.6. The van der Waals surface area contributed by atoms with Gasteiger partial charge in [0.1, 0.15) is 0 Å². The van der Waals surface area contributed by atoms with E-state index in [2.05, 4.69) is 12.2 Å². The molecular weight excluding hydrogens is 174 g/mol. The molecule has 14 heavy (non-hydrogen) atoms. The molecule has 0 aliphatic rings. The molecule has 0 aliphatic heterocycles. The van der Waals surface area contributed by atoms with Crippen LogP contribution in [0.1, 0.15) is 65.2 Å². The lowest BCUT2D eigenvalue weighted by Gasteiger charge is -2.02. The van der Waals surface area contributed by atoms with E-state index in [0.717, 1.165) is 13.0 Å². The first-order valence-electron chi connectivity index (χ1n) is 6.08. The summed E-state index contributed by atoms with van der Waals surface area (Å²) in [6.45, 7) is 4.95. The number of unbranched alkanes of at least 4 members (excludes halogenated alkanes) is 6. The topological polar surface area (TPSA) is 29.1 Å². The highest BCUT2D eigenvalue weighted by Crippen LogP contribution is 2.07. The number of rotatable bonds is 9. The van der Waals surface area contributed by atoms with Crippen molar-refractivity contribution in [3.8, 4) is 0 Å². The van der Waals surface area contributed by atoms with Gasteiger partial charge in [0.2, 0.25) is 5.91 Å². The van der Waals surface area contributed by atoms with Crippen molar-refractivity contribution in [3.63, 3.8) is 0 Å². The molecule has 0 heterocycles. The lowest BCUT2D eigenvalue weighted by molar-refractivity contribution is -0.121. The highest BCUT2D eigenvalue weighted by atomic mass is 16.1. The van der Waals surface area contributed by atoms with Gasteiger partial charge in [-0.25, -0.2) is 0 Å². The molecule has 0 radical (unpaired) electrons. The minimum Gasteiger partial charge on any atom is -0.356 e. The van der Waals surface area contributed by atoms with Crippen molar-refractivity contribution >= 4 is 5.91 Å². The minimum atomic E-state index is 0.209. The Morgan fingerprint density at radius 1 is 0.929 bits per heavy atom. The quantitative estimate of drug-likeness (QED) is 0.567. The molecule has 0 saturated heterocycles. The smallest absolute Gasteiger partial charge is 0.219 e. The first kappa shape index (κ1) is 13.5. The Morgan fingerprint density at radius 2 is 1.50 bits per heavy atom. The molecule has 0 aromatic heterocycles. The number of carbonyl (C=O) groups excluding carboxylic acids is 1. The van der Waals surface area contributed by atoms with E-state index in [1.54, 1.807) is 0 Å². The molecule has 0 fully saturated rings. The van der Waals surface area contributed by atoms with Gasteiger partial charge in [-0.3, -0.25) is 4.79 Å². The molecule has 0 aromatic carbocycles. The SMILES string of the molecule is CCCCCCCCCC(=O)NCC. The van der Waals surface area contributed by atoms with E-state index in [1.165, 1.54) is 38.5 Å². The van der Waals surface area contributed by atoms with E-state index >= 15 is 0 Å². The number of amides is 1. The predicted molar refractivity (Wildman–Crippen MR) is 61.3 cm³/mol. The van der Waals surface area contributed by atoms with Crippen LogP contribution in [0.3, 0.4) is 0 Å². The second-order valence-electron chi connectivity index (χ2n) is 3.82. The van der Waals surface area contributed by atoms with Crippen molar-refractivity contribution in [1.29, 1.82) is 0 Å². The van der Waals surface area contributed by atoms with E-state index in [0.29, 0.717) is 6.42 Å². The standard InChI is InChI=1S/C12H25NO/c1-3-5-6-7-8-9-10-11-12(14)13-4-2/h3-11H2,1-2H3,(H,13,14). The van der Waals surface area contributed by atoms with Crippen LogP contribution in [0.4, 0.5) is 0 Å². The van der Waals surface area contributed by atoms with Crippen LogP contribution in [0.15, 0.2) is 0 Å².